The Labute approximate surface area is 155 Å². The van der Waals surface area contributed by atoms with E-state index >= 15 is 0 Å². The zero-order valence-electron chi connectivity index (χ0n) is 13.6. The van der Waals surface area contributed by atoms with Crippen LogP contribution in [0.25, 0.3) is 0 Å². The first-order valence-electron chi connectivity index (χ1n) is 7.81. The number of aromatic nitrogens is 2. The molecule has 0 radical (unpaired) electrons. The lowest BCUT2D eigenvalue weighted by Crippen LogP contribution is -1.97. The van der Waals surface area contributed by atoms with Crippen LogP contribution in [0, 0.1) is 5.82 Å². The Balaban J connectivity index is 1.77. The number of thioether (sulfide) groups is 1. The number of ether oxygens (including phenoxy) is 1. The molecular weight excluding hydrogens is 359 g/mol. The predicted octanol–water partition coefficient (Wildman–Crippen LogP) is 5.92. The molecule has 0 aliphatic heterocycles. The van der Waals surface area contributed by atoms with Crippen LogP contribution < -0.4 is 4.74 Å². The molecular formula is C19H16ClFN2OS. The molecule has 0 atom stereocenters. The number of halogens is 2. The van der Waals surface area contributed by atoms with Crippen molar-refractivity contribution in [1.82, 2.24) is 9.97 Å². The van der Waals surface area contributed by atoms with E-state index in [1.165, 1.54) is 23.9 Å². The maximum atomic E-state index is 13.3. The molecule has 0 aliphatic carbocycles. The monoisotopic (exact) mass is 374 g/mol. The number of nitrogens with zero attached hydrogens (tertiary/aromatic N) is 2. The Hall–Kier alpha value is -2.11. The molecule has 2 aromatic carbocycles. The molecule has 0 bridgehead atoms. The summed E-state index contributed by atoms with van der Waals surface area (Å²) in [5.74, 6) is 1.43. The summed E-state index contributed by atoms with van der Waals surface area (Å²) < 4.78 is 19.1. The molecule has 1 heterocycles. The molecule has 25 heavy (non-hydrogen) atoms. The molecule has 0 amide bonds. The second-order valence-corrected chi connectivity index (χ2v) is 6.69. The first kappa shape index (κ1) is 17.7. The highest BCUT2D eigenvalue weighted by molar-refractivity contribution is 7.98. The quantitative estimate of drug-likeness (QED) is 0.396. The largest absolute Gasteiger partial charge is 0.439 e. The Morgan fingerprint density at radius 1 is 1.08 bits per heavy atom. The van der Waals surface area contributed by atoms with E-state index in [0.717, 1.165) is 17.7 Å². The molecule has 0 saturated carbocycles. The number of rotatable bonds is 6. The normalized spacial score (nSPS) is 10.7. The van der Waals surface area contributed by atoms with Crippen LogP contribution in [0.1, 0.15) is 18.2 Å². The van der Waals surface area contributed by atoms with E-state index in [1.807, 2.05) is 31.2 Å². The van der Waals surface area contributed by atoms with E-state index in [4.69, 9.17) is 16.3 Å². The van der Waals surface area contributed by atoms with Gasteiger partial charge in [-0.05, 0) is 42.3 Å². The lowest BCUT2D eigenvalue weighted by Gasteiger charge is -2.09. The third kappa shape index (κ3) is 5.18. The van der Waals surface area contributed by atoms with Crippen molar-refractivity contribution in [2.24, 2.45) is 0 Å². The van der Waals surface area contributed by atoms with Crippen molar-refractivity contribution < 1.29 is 9.13 Å². The zero-order chi connectivity index (χ0) is 17.6. The van der Waals surface area contributed by atoms with Crippen LogP contribution in [0.2, 0.25) is 5.02 Å². The van der Waals surface area contributed by atoms with Gasteiger partial charge in [0, 0.05) is 22.5 Å². The molecule has 6 heteroatoms. The fourth-order valence-electron chi connectivity index (χ4n) is 2.17. The minimum Gasteiger partial charge on any atom is -0.439 e. The summed E-state index contributed by atoms with van der Waals surface area (Å²) in [5, 5.41) is 1.20. The third-order valence-electron chi connectivity index (χ3n) is 3.37. The average Bonchev–Trinajstić information content (AvgIpc) is 2.60. The van der Waals surface area contributed by atoms with Gasteiger partial charge in [0.15, 0.2) is 5.16 Å². The highest BCUT2D eigenvalue weighted by atomic mass is 35.5. The molecule has 3 nitrogen and oxygen atoms in total. The molecule has 3 aromatic rings. The van der Waals surface area contributed by atoms with Gasteiger partial charge in [0.05, 0.1) is 0 Å². The van der Waals surface area contributed by atoms with Crippen molar-refractivity contribution in [2.45, 2.75) is 24.3 Å². The number of hydrogen-bond acceptors (Lipinski definition) is 4. The molecule has 0 N–H and O–H groups in total. The van der Waals surface area contributed by atoms with Gasteiger partial charge in [-0.2, -0.15) is 4.98 Å². The van der Waals surface area contributed by atoms with E-state index in [9.17, 15) is 4.39 Å². The predicted molar refractivity (Wildman–Crippen MR) is 98.9 cm³/mol. The van der Waals surface area contributed by atoms with Crippen molar-refractivity contribution in [3.8, 4) is 11.6 Å². The molecule has 0 fully saturated rings. The van der Waals surface area contributed by atoms with E-state index in [2.05, 4.69) is 9.97 Å². The molecule has 0 saturated heterocycles. The Kier molecular flexibility index (Phi) is 5.89. The first-order valence-corrected chi connectivity index (χ1v) is 9.17. The van der Waals surface area contributed by atoms with Crippen LogP contribution in [0.5, 0.6) is 11.6 Å². The van der Waals surface area contributed by atoms with Gasteiger partial charge in [-0.15, -0.1) is 0 Å². The molecule has 0 unspecified atom stereocenters. The average molecular weight is 375 g/mol. The van der Waals surface area contributed by atoms with Crippen LogP contribution in [0.4, 0.5) is 4.39 Å². The Morgan fingerprint density at radius 3 is 2.68 bits per heavy atom. The van der Waals surface area contributed by atoms with Crippen molar-refractivity contribution in [1.29, 1.82) is 0 Å². The topological polar surface area (TPSA) is 35.0 Å². The first-order chi connectivity index (χ1) is 12.1. The van der Waals surface area contributed by atoms with Crippen LogP contribution in [-0.2, 0) is 12.2 Å². The summed E-state index contributed by atoms with van der Waals surface area (Å²) >= 11 is 7.43. The fourth-order valence-corrected chi connectivity index (χ4v) is 3.16. The van der Waals surface area contributed by atoms with Gasteiger partial charge in [-0.25, -0.2) is 9.37 Å². The summed E-state index contributed by atoms with van der Waals surface area (Å²) in [6, 6.07) is 15.5. The third-order valence-corrected chi connectivity index (χ3v) is 4.53. The van der Waals surface area contributed by atoms with Crippen LogP contribution >= 0.6 is 23.4 Å². The molecule has 1 aromatic heterocycles. The minimum atomic E-state index is -0.244. The van der Waals surface area contributed by atoms with Gasteiger partial charge in [-0.3, -0.25) is 0 Å². The van der Waals surface area contributed by atoms with Gasteiger partial charge >= 0.3 is 0 Å². The van der Waals surface area contributed by atoms with E-state index in [0.29, 0.717) is 27.6 Å². The number of benzene rings is 2. The SMILES string of the molecule is CCc1cc(Oc2cccc(Cl)c2)nc(SCc2cccc(F)c2)n1. The van der Waals surface area contributed by atoms with Gasteiger partial charge in [0.1, 0.15) is 11.6 Å². The lowest BCUT2D eigenvalue weighted by atomic mass is 10.2. The highest BCUT2D eigenvalue weighted by Gasteiger charge is 2.08. The van der Waals surface area contributed by atoms with Gasteiger partial charge in [-0.1, -0.05) is 48.5 Å². The van der Waals surface area contributed by atoms with Crippen LogP contribution in [-0.4, -0.2) is 9.97 Å². The standard InChI is InChI=1S/C19H16ClFN2OS/c1-2-16-11-18(24-17-8-4-6-14(20)10-17)23-19(22-16)25-12-13-5-3-7-15(21)9-13/h3-11H,2,12H2,1H3. The summed E-state index contributed by atoms with van der Waals surface area (Å²) in [4.78, 5) is 8.94. The summed E-state index contributed by atoms with van der Waals surface area (Å²) in [5.41, 5.74) is 1.77. The smallest absolute Gasteiger partial charge is 0.223 e. The van der Waals surface area contributed by atoms with Crippen molar-refractivity contribution >= 4 is 23.4 Å². The van der Waals surface area contributed by atoms with Crippen LogP contribution in [0.3, 0.4) is 0 Å². The second kappa shape index (κ2) is 8.32. The zero-order valence-corrected chi connectivity index (χ0v) is 15.1. The molecule has 128 valence electrons. The van der Waals surface area contributed by atoms with Crippen molar-refractivity contribution in [3.63, 3.8) is 0 Å². The second-order valence-electron chi connectivity index (χ2n) is 5.31. The van der Waals surface area contributed by atoms with Crippen molar-refractivity contribution in [3.05, 3.63) is 76.7 Å². The fraction of sp³-hybridized carbons (Fsp3) is 0.158. The van der Waals surface area contributed by atoms with E-state index in [1.54, 1.807) is 18.2 Å². The molecule has 0 spiro atoms. The molecule has 0 aliphatic rings. The van der Waals surface area contributed by atoms with Crippen molar-refractivity contribution in [2.75, 3.05) is 0 Å². The summed E-state index contributed by atoms with van der Waals surface area (Å²) in [7, 11) is 0. The van der Waals surface area contributed by atoms with Gasteiger partial charge < -0.3 is 4.74 Å². The van der Waals surface area contributed by atoms with Gasteiger partial charge in [0.25, 0.3) is 0 Å². The maximum absolute atomic E-state index is 13.3. The maximum Gasteiger partial charge on any atom is 0.223 e. The highest BCUT2D eigenvalue weighted by Crippen LogP contribution is 2.27. The minimum absolute atomic E-state index is 0.244. The number of hydrogen-bond donors (Lipinski definition) is 0. The Bertz CT molecular complexity index is 876. The van der Waals surface area contributed by atoms with Gasteiger partial charge in [0.2, 0.25) is 5.88 Å². The molecule has 3 rings (SSSR count). The van der Waals surface area contributed by atoms with Crippen LogP contribution in [0.15, 0.2) is 59.8 Å². The summed E-state index contributed by atoms with van der Waals surface area (Å²) in [6.07, 6.45) is 0.766. The Morgan fingerprint density at radius 2 is 1.92 bits per heavy atom. The van der Waals surface area contributed by atoms with E-state index < -0.39 is 0 Å². The lowest BCUT2D eigenvalue weighted by molar-refractivity contribution is 0.454. The summed E-state index contributed by atoms with van der Waals surface area (Å²) in [6.45, 7) is 2.02. The van der Waals surface area contributed by atoms with E-state index in [-0.39, 0.29) is 5.82 Å². The number of aryl methyl sites for hydroxylation is 1.